The van der Waals surface area contributed by atoms with E-state index in [0.717, 1.165) is 12.5 Å². The summed E-state index contributed by atoms with van der Waals surface area (Å²) in [5, 5.41) is 0. The average molecular weight is 234 g/mol. The van der Waals surface area contributed by atoms with Gasteiger partial charge in [-0.15, -0.1) is 11.8 Å². The molecule has 96 valence electrons. The SMILES string of the molecule is CC#CC1CCC(OCC2CCCCC2)CC1. The summed E-state index contributed by atoms with van der Waals surface area (Å²) in [4.78, 5) is 0. The van der Waals surface area contributed by atoms with E-state index >= 15 is 0 Å². The zero-order chi connectivity index (χ0) is 11.9. The van der Waals surface area contributed by atoms with Gasteiger partial charge in [0.05, 0.1) is 6.10 Å². The molecule has 17 heavy (non-hydrogen) atoms. The molecule has 0 aromatic heterocycles. The number of ether oxygens (including phenoxy) is 1. The van der Waals surface area contributed by atoms with Crippen LogP contribution < -0.4 is 0 Å². The van der Waals surface area contributed by atoms with Crippen LogP contribution in [0, 0.1) is 23.7 Å². The maximum Gasteiger partial charge on any atom is 0.0576 e. The lowest BCUT2D eigenvalue weighted by Gasteiger charge is -2.28. The Balaban J connectivity index is 1.62. The van der Waals surface area contributed by atoms with Crippen molar-refractivity contribution in [1.82, 2.24) is 0 Å². The Morgan fingerprint density at radius 1 is 0.941 bits per heavy atom. The van der Waals surface area contributed by atoms with Gasteiger partial charge in [-0.3, -0.25) is 0 Å². The number of rotatable bonds is 3. The predicted octanol–water partition coefficient (Wildman–Crippen LogP) is 4.17. The smallest absolute Gasteiger partial charge is 0.0576 e. The minimum Gasteiger partial charge on any atom is -0.378 e. The second-order valence-electron chi connectivity index (χ2n) is 5.71. The highest BCUT2D eigenvalue weighted by atomic mass is 16.5. The Hall–Kier alpha value is -0.480. The van der Waals surface area contributed by atoms with Crippen molar-refractivity contribution in [2.45, 2.75) is 70.8 Å². The van der Waals surface area contributed by atoms with E-state index in [4.69, 9.17) is 4.74 Å². The summed E-state index contributed by atoms with van der Waals surface area (Å²) < 4.78 is 6.10. The van der Waals surface area contributed by atoms with Gasteiger partial charge >= 0.3 is 0 Å². The maximum absolute atomic E-state index is 6.10. The van der Waals surface area contributed by atoms with Gasteiger partial charge in [-0.1, -0.05) is 19.3 Å². The molecule has 0 aromatic carbocycles. The third-order valence-electron chi connectivity index (χ3n) is 4.32. The Morgan fingerprint density at radius 2 is 1.65 bits per heavy atom. The summed E-state index contributed by atoms with van der Waals surface area (Å²) in [5.41, 5.74) is 0. The highest BCUT2D eigenvalue weighted by Crippen LogP contribution is 2.28. The van der Waals surface area contributed by atoms with Crippen LogP contribution in [0.4, 0.5) is 0 Å². The van der Waals surface area contributed by atoms with Gasteiger partial charge in [0.25, 0.3) is 0 Å². The van der Waals surface area contributed by atoms with Gasteiger partial charge < -0.3 is 4.74 Å². The first-order valence-corrected chi connectivity index (χ1v) is 7.42. The molecule has 2 rings (SSSR count). The van der Waals surface area contributed by atoms with Crippen LogP contribution >= 0.6 is 0 Å². The normalized spacial score (nSPS) is 30.6. The van der Waals surface area contributed by atoms with Crippen LogP contribution in [0.3, 0.4) is 0 Å². The molecule has 0 radical (unpaired) electrons. The molecule has 0 spiro atoms. The third-order valence-corrected chi connectivity index (χ3v) is 4.32. The van der Waals surface area contributed by atoms with Gasteiger partial charge in [-0.05, 0) is 51.4 Å². The fourth-order valence-electron chi connectivity index (χ4n) is 3.20. The van der Waals surface area contributed by atoms with Crippen molar-refractivity contribution < 1.29 is 4.74 Å². The molecule has 0 aromatic rings. The van der Waals surface area contributed by atoms with E-state index in [0.29, 0.717) is 12.0 Å². The topological polar surface area (TPSA) is 9.23 Å². The summed E-state index contributed by atoms with van der Waals surface area (Å²) in [7, 11) is 0. The van der Waals surface area contributed by atoms with Gasteiger partial charge in [-0.2, -0.15) is 0 Å². The van der Waals surface area contributed by atoms with Crippen molar-refractivity contribution in [3.05, 3.63) is 0 Å². The van der Waals surface area contributed by atoms with Crippen molar-refractivity contribution >= 4 is 0 Å². The van der Waals surface area contributed by atoms with Crippen LogP contribution in [0.5, 0.6) is 0 Å². The van der Waals surface area contributed by atoms with Crippen LogP contribution in [0.25, 0.3) is 0 Å². The fourth-order valence-corrected chi connectivity index (χ4v) is 3.20. The van der Waals surface area contributed by atoms with E-state index in [9.17, 15) is 0 Å². The van der Waals surface area contributed by atoms with Gasteiger partial charge in [0.1, 0.15) is 0 Å². The summed E-state index contributed by atoms with van der Waals surface area (Å²) >= 11 is 0. The second-order valence-corrected chi connectivity index (χ2v) is 5.71. The van der Waals surface area contributed by atoms with Crippen molar-refractivity contribution in [2.24, 2.45) is 11.8 Å². The fraction of sp³-hybridized carbons (Fsp3) is 0.875. The molecule has 1 nitrogen and oxygen atoms in total. The van der Waals surface area contributed by atoms with Gasteiger partial charge in [-0.25, -0.2) is 0 Å². The zero-order valence-electron chi connectivity index (χ0n) is 11.2. The summed E-state index contributed by atoms with van der Waals surface area (Å²) in [6.07, 6.45) is 12.6. The lowest BCUT2D eigenvalue weighted by atomic mass is 9.87. The highest BCUT2D eigenvalue weighted by molar-refractivity contribution is 5.02. The lowest BCUT2D eigenvalue weighted by Crippen LogP contribution is -2.24. The summed E-state index contributed by atoms with van der Waals surface area (Å²) in [5.74, 6) is 7.86. The summed E-state index contributed by atoms with van der Waals surface area (Å²) in [6, 6.07) is 0. The first-order valence-electron chi connectivity index (χ1n) is 7.42. The first-order chi connectivity index (χ1) is 8.38. The minimum atomic E-state index is 0.534. The molecule has 0 atom stereocenters. The van der Waals surface area contributed by atoms with Crippen LogP contribution in [0.15, 0.2) is 0 Å². The Morgan fingerprint density at radius 3 is 2.29 bits per heavy atom. The second kappa shape index (κ2) is 7.07. The van der Waals surface area contributed by atoms with Gasteiger partial charge in [0, 0.05) is 12.5 Å². The van der Waals surface area contributed by atoms with Gasteiger partial charge in [0.15, 0.2) is 0 Å². The van der Waals surface area contributed by atoms with Crippen molar-refractivity contribution in [3.63, 3.8) is 0 Å². The molecule has 1 heteroatoms. The van der Waals surface area contributed by atoms with E-state index in [2.05, 4.69) is 11.8 Å². The highest BCUT2D eigenvalue weighted by Gasteiger charge is 2.22. The van der Waals surface area contributed by atoms with Crippen LogP contribution in [-0.4, -0.2) is 12.7 Å². The molecule has 0 amide bonds. The maximum atomic E-state index is 6.10. The van der Waals surface area contributed by atoms with E-state index in [-0.39, 0.29) is 0 Å². The quantitative estimate of drug-likeness (QED) is 0.666. The number of hydrogen-bond acceptors (Lipinski definition) is 1. The Bertz CT molecular complexity index is 259. The van der Waals surface area contributed by atoms with Gasteiger partial charge in [0.2, 0.25) is 0 Å². The molecule has 0 N–H and O–H groups in total. The van der Waals surface area contributed by atoms with E-state index in [1.54, 1.807) is 0 Å². The average Bonchev–Trinajstić information content (AvgIpc) is 2.40. The Kier molecular flexibility index (Phi) is 5.39. The molecule has 2 fully saturated rings. The zero-order valence-corrected chi connectivity index (χ0v) is 11.2. The van der Waals surface area contributed by atoms with E-state index < -0.39 is 0 Å². The molecule has 0 bridgehead atoms. The van der Waals surface area contributed by atoms with E-state index in [1.807, 2.05) is 6.92 Å². The van der Waals surface area contributed by atoms with Crippen LogP contribution in [0.1, 0.15) is 64.7 Å². The summed E-state index contributed by atoms with van der Waals surface area (Å²) in [6.45, 7) is 2.97. The minimum absolute atomic E-state index is 0.534. The standard InChI is InChI=1S/C16H26O/c1-2-6-14-9-11-16(12-10-14)17-13-15-7-4-3-5-8-15/h14-16H,3-5,7-13H2,1H3. The third kappa shape index (κ3) is 4.36. The van der Waals surface area contributed by atoms with Crippen molar-refractivity contribution in [3.8, 4) is 11.8 Å². The molecular formula is C16H26O. The lowest BCUT2D eigenvalue weighted by molar-refractivity contribution is -0.00302. The molecule has 0 saturated heterocycles. The molecule has 0 aliphatic heterocycles. The Labute approximate surface area is 106 Å². The molecule has 2 aliphatic rings. The molecular weight excluding hydrogens is 208 g/mol. The monoisotopic (exact) mass is 234 g/mol. The molecule has 2 aliphatic carbocycles. The number of hydrogen-bond donors (Lipinski definition) is 0. The predicted molar refractivity (Wildman–Crippen MR) is 71.7 cm³/mol. The van der Waals surface area contributed by atoms with Crippen LogP contribution in [-0.2, 0) is 4.74 Å². The largest absolute Gasteiger partial charge is 0.378 e. The van der Waals surface area contributed by atoms with Crippen LogP contribution in [0.2, 0.25) is 0 Å². The molecule has 0 unspecified atom stereocenters. The van der Waals surface area contributed by atoms with E-state index in [1.165, 1.54) is 57.8 Å². The molecule has 0 heterocycles. The first kappa shape index (κ1) is 13.0. The molecule has 2 saturated carbocycles. The van der Waals surface area contributed by atoms with Crippen molar-refractivity contribution in [1.29, 1.82) is 0 Å². The van der Waals surface area contributed by atoms with Crippen molar-refractivity contribution in [2.75, 3.05) is 6.61 Å².